The summed E-state index contributed by atoms with van der Waals surface area (Å²) in [7, 11) is 0. The van der Waals surface area contributed by atoms with Gasteiger partial charge < -0.3 is 14.7 Å². The van der Waals surface area contributed by atoms with E-state index in [0.717, 1.165) is 44.7 Å². The largest absolute Gasteiger partial charge is 0.385 e. The molecule has 1 heterocycles. The van der Waals surface area contributed by atoms with Crippen LogP contribution in [-0.2, 0) is 10.3 Å². The summed E-state index contributed by atoms with van der Waals surface area (Å²) in [5, 5.41) is 10.4. The fraction of sp³-hybridized carbons (Fsp3) is 0.571. The lowest BCUT2D eigenvalue weighted by Crippen LogP contribution is -2.37. The predicted octanol–water partition coefficient (Wildman–Crippen LogP) is 1.81. The van der Waals surface area contributed by atoms with Gasteiger partial charge in [-0.25, -0.2) is 0 Å². The molecule has 1 saturated carbocycles. The van der Waals surface area contributed by atoms with Crippen molar-refractivity contribution in [2.45, 2.75) is 25.4 Å². The van der Waals surface area contributed by atoms with Crippen LogP contribution in [0, 0.1) is 6.92 Å². The number of anilines is 1. The Labute approximate surface area is 102 Å². The first-order valence-corrected chi connectivity index (χ1v) is 6.35. The molecule has 1 aliphatic heterocycles. The van der Waals surface area contributed by atoms with Gasteiger partial charge in [-0.1, -0.05) is 17.7 Å². The molecule has 0 unspecified atom stereocenters. The zero-order valence-corrected chi connectivity index (χ0v) is 10.3. The number of ether oxygens (including phenoxy) is 1. The summed E-state index contributed by atoms with van der Waals surface area (Å²) >= 11 is 0. The molecule has 3 heteroatoms. The number of hydrogen-bond acceptors (Lipinski definition) is 3. The lowest BCUT2D eigenvalue weighted by Gasteiger charge is -2.32. The van der Waals surface area contributed by atoms with E-state index in [9.17, 15) is 5.11 Å². The Morgan fingerprint density at radius 1 is 1.24 bits per heavy atom. The molecule has 1 aliphatic carbocycles. The Bertz CT molecular complexity index is 420. The zero-order valence-electron chi connectivity index (χ0n) is 10.3. The van der Waals surface area contributed by atoms with E-state index in [2.05, 4.69) is 30.0 Å². The second-order valence-corrected chi connectivity index (χ2v) is 5.15. The van der Waals surface area contributed by atoms with E-state index in [4.69, 9.17) is 4.74 Å². The Morgan fingerprint density at radius 3 is 2.59 bits per heavy atom. The molecular weight excluding hydrogens is 214 g/mol. The summed E-state index contributed by atoms with van der Waals surface area (Å²) in [4.78, 5) is 2.33. The van der Waals surface area contributed by atoms with E-state index in [1.54, 1.807) is 0 Å². The Hall–Kier alpha value is -1.06. The molecule has 3 nitrogen and oxygen atoms in total. The van der Waals surface area contributed by atoms with Crippen LogP contribution >= 0.6 is 0 Å². The molecule has 0 aromatic heterocycles. The molecule has 17 heavy (non-hydrogen) atoms. The zero-order chi connectivity index (χ0) is 11.9. The van der Waals surface area contributed by atoms with Crippen molar-refractivity contribution in [1.29, 1.82) is 0 Å². The highest BCUT2D eigenvalue weighted by Gasteiger charge is 2.44. The smallest absolute Gasteiger partial charge is 0.0919 e. The molecule has 0 amide bonds. The Morgan fingerprint density at radius 2 is 1.94 bits per heavy atom. The van der Waals surface area contributed by atoms with Gasteiger partial charge in [0.05, 0.1) is 18.8 Å². The normalized spacial score (nSPS) is 22.6. The van der Waals surface area contributed by atoms with Crippen molar-refractivity contribution in [3.05, 3.63) is 29.3 Å². The van der Waals surface area contributed by atoms with E-state index in [0.29, 0.717) is 0 Å². The monoisotopic (exact) mass is 233 g/mol. The second-order valence-electron chi connectivity index (χ2n) is 5.15. The van der Waals surface area contributed by atoms with Gasteiger partial charge in [0.2, 0.25) is 0 Å². The molecule has 1 saturated heterocycles. The third kappa shape index (κ3) is 2.05. The van der Waals surface area contributed by atoms with Crippen LogP contribution in [0.3, 0.4) is 0 Å². The number of nitrogens with zero attached hydrogens (tertiary/aromatic N) is 1. The minimum absolute atomic E-state index is 0.556. The van der Waals surface area contributed by atoms with Crippen molar-refractivity contribution in [2.75, 3.05) is 31.2 Å². The van der Waals surface area contributed by atoms with Gasteiger partial charge >= 0.3 is 0 Å². The topological polar surface area (TPSA) is 32.7 Å². The van der Waals surface area contributed by atoms with E-state index >= 15 is 0 Å². The number of hydrogen-bond donors (Lipinski definition) is 1. The average molecular weight is 233 g/mol. The van der Waals surface area contributed by atoms with Crippen molar-refractivity contribution in [2.24, 2.45) is 0 Å². The molecule has 1 N–H and O–H groups in total. The van der Waals surface area contributed by atoms with Crippen LogP contribution < -0.4 is 4.90 Å². The maximum Gasteiger partial charge on any atom is 0.0919 e. The maximum atomic E-state index is 10.4. The molecule has 0 spiro atoms. The van der Waals surface area contributed by atoms with E-state index < -0.39 is 5.60 Å². The fourth-order valence-electron chi connectivity index (χ4n) is 2.49. The Kier molecular flexibility index (Phi) is 2.60. The molecule has 1 aromatic carbocycles. The van der Waals surface area contributed by atoms with Gasteiger partial charge in [0.25, 0.3) is 0 Å². The molecule has 2 aliphatic rings. The van der Waals surface area contributed by atoms with Gasteiger partial charge in [-0.3, -0.25) is 0 Å². The number of aryl methyl sites for hydroxylation is 1. The predicted molar refractivity (Wildman–Crippen MR) is 67.3 cm³/mol. The molecule has 92 valence electrons. The SMILES string of the molecule is Cc1ccc(N2CCOCC2)c(C2(O)CC2)c1. The fourth-order valence-corrected chi connectivity index (χ4v) is 2.49. The van der Waals surface area contributed by atoms with Gasteiger partial charge in [0.1, 0.15) is 0 Å². The first-order chi connectivity index (χ1) is 8.19. The van der Waals surface area contributed by atoms with Crippen LogP contribution in [0.5, 0.6) is 0 Å². The van der Waals surface area contributed by atoms with Crippen molar-refractivity contribution in [3.63, 3.8) is 0 Å². The number of rotatable bonds is 2. The average Bonchev–Trinajstić information content (AvgIpc) is 3.10. The standard InChI is InChI=1S/C14H19NO2/c1-11-2-3-13(15-6-8-17-9-7-15)12(10-11)14(16)4-5-14/h2-3,10,16H,4-9H2,1H3. The quantitative estimate of drug-likeness (QED) is 0.845. The van der Waals surface area contributed by atoms with Gasteiger partial charge in [0.15, 0.2) is 0 Å². The first-order valence-electron chi connectivity index (χ1n) is 6.35. The van der Waals surface area contributed by atoms with Crippen LogP contribution in [-0.4, -0.2) is 31.4 Å². The van der Waals surface area contributed by atoms with Crippen molar-refractivity contribution in [3.8, 4) is 0 Å². The summed E-state index contributed by atoms with van der Waals surface area (Å²) < 4.78 is 5.38. The summed E-state index contributed by atoms with van der Waals surface area (Å²) in [5.74, 6) is 0. The summed E-state index contributed by atoms with van der Waals surface area (Å²) in [6, 6.07) is 6.41. The van der Waals surface area contributed by atoms with Crippen LogP contribution in [0.2, 0.25) is 0 Å². The van der Waals surface area contributed by atoms with Gasteiger partial charge in [0, 0.05) is 24.3 Å². The molecule has 0 bridgehead atoms. The first kappa shape index (κ1) is 11.1. The third-order valence-electron chi connectivity index (χ3n) is 3.73. The molecule has 1 aromatic rings. The summed E-state index contributed by atoms with van der Waals surface area (Å²) in [6.45, 7) is 5.49. The summed E-state index contributed by atoms with van der Waals surface area (Å²) in [6.07, 6.45) is 1.79. The van der Waals surface area contributed by atoms with Crippen molar-refractivity contribution < 1.29 is 9.84 Å². The van der Waals surface area contributed by atoms with Crippen molar-refractivity contribution >= 4 is 5.69 Å². The minimum atomic E-state index is -0.556. The highest BCUT2D eigenvalue weighted by molar-refractivity contribution is 5.59. The Balaban J connectivity index is 1.97. The molecule has 0 radical (unpaired) electrons. The van der Waals surface area contributed by atoms with Crippen LogP contribution in [0.25, 0.3) is 0 Å². The van der Waals surface area contributed by atoms with Crippen LogP contribution in [0.15, 0.2) is 18.2 Å². The minimum Gasteiger partial charge on any atom is -0.385 e. The molecule has 3 rings (SSSR count). The highest BCUT2D eigenvalue weighted by Crippen LogP contribution is 2.49. The van der Waals surface area contributed by atoms with Gasteiger partial charge in [-0.2, -0.15) is 0 Å². The lowest BCUT2D eigenvalue weighted by molar-refractivity contribution is 0.121. The lowest BCUT2D eigenvalue weighted by atomic mass is 10.0. The number of aliphatic hydroxyl groups is 1. The highest BCUT2D eigenvalue weighted by atomic mass is 16.5. The maximum absolute atomic E-state index is 10.4. The number of morpholine rings is 1. The number of benzene rings is 1. The van der Waals surface area contributed by atoms with Crippen LogP contribution in [0.4, 0.5) is 5.69 Å². The van der Waals surface area contributed by atoms with Gasteiger partial charge in [-0.15, -0.1) is 0 Å². The van der Waals surface area contributed by atoms with Crippen LogP contribution in [0.1, 0.15) is 24.0 Å². The van der Waals surface area contributed by atoms with Crippen molar-refractivity contribution in [1.82, 2.24) is 0 Å². The third-order valence-corrected chi connectivity index (χ3v) is 3.73. The van der Waals surface area contributed by atoms with Gasteiger partial charge in [-0.05, 0) is 25.8 Å². The molecule has 2 fully saturated rings. The van der Waals surface area contributed by atoms with E-state index in [-0.39, 0.29) is 0 Å². The molecular formula is C14H19NO2. The van der Waals surface area contributed by atoms with E-state index in [1.165, 1.54) is 11.3 Å². The summed E-state index contributed by atoms with van der Waals surface area (Å²) in [5.41, 5.74) is 2.97. The van der Waals surface area contributed by atoms with E-state index in [1.807, 2.05) is 0 Å². The second kappa shape index (κ2) is 4.00. The molecule has 0 atom stereocenters.